The first-order valence-electron chi connectivity index (χ1n) is 10.7. The molecule has 0 aromatic heterocycles. The quantitative estimate of drug-likeness (QED) is 0.198. The molecule has 4 rings (SSSR count). The minimum Gasteiger partial charge on any atom is -0.496 e. The van der Waals surface area contributed by atoms with E-state index in [1.165, 1.54) is 29.1 Å². The van der Waals surface area contributed by atoms with E-state index in [0.717, 1.165) is 6.16 Å². The largest absolute Gasteiger partial charge is 0.496 e. The van der Waals surface area contributed by atoms with Crippen LogP contribution >= 0.6 is 7.26 Å². The van der Waals surface area contributed by atoms with E-state index in [1.54, 1.807) is 12.1 Å². The van der Waals surface area contributed by atoms with E-state index >= 15 is 0 Å². The Morgan fingerprint density at radius 2 is 1.24 bits per heavy atom. The van der Waals surface area contributed by atoms with E-state index in [4.69, 9.17) is 4.74 Å². The molecule has 0 aliphatic heterocycles. The SMILES string of the molecule is COc1cccc([N+](=O)[O-])c1/C=C/C[P+](c1ccccc1)(c1ccccc1)c1ccccc1. The Hall–Kier alpha value is -3.75. The number of benzene rings is 4. The van der Waals surface area contributed by atoms with E-state index in [2.05, 4.69) is 78.9 Å². The highest BCUT2D eigenvalue weighted by Gasteiger charge is 2.44. The molecule has 0 spiro atoms. The van der Waals surface area contributed by atoms with Crippen LogP contribution in [0.25, 0.3) is 6.08 Å². The van der Waals surface area contributed by atoms with Crippen LogP contribution in [0.1, 0.15) is 5.56 Å². The lowest BCUT2D eigenvalue weighted by atomic mass is 10.1. The van der Waals surface area contributed by atoms with Crippen LogP contribution in [0.5, 0.6) is 5.75 Å². The van der Waals surface area contributed by atoms with Crippen LogP contribution in [0.2, 0.25) is 0 Å². The van der Waals surface area contributed by atoms with E-state index in [-0.39, 0.29) is 10.6 Å². The zero-order valence-corrected chi connectivity index (χ0v) is 19.3. The minimum atomic E-state index is -2.05. The number of methoxy groups -OCH3 is 1. The van der Waals surface area contributed by atoms with Crippen LogP contribution in [0, 0.1) is 10.1 Å². The third kappa shape index (κ3) is 4.57. The summed E-state index contributed by atoms with van der Waals surface area (Å²) >= 11 is 0. The first kappa shape index (κ1) is 22.4. The summed E-state index contributed by atoms with van der Waals surface area (Å²) < 4.78 is 5.43. The smallest absolute Gasteiger partial charge is 0.280 e. The zero-order valence-electron chi connectivity index (χ0n) is 18.4. The van der Waals surface area contributed by atoms with E-state index < -0.39 is 7.26 Å². The topological polar surface area (TPSA) is 52.4 Å². The monoisotopic (exact) mass is 454 g/mol. The molecule has 0 fully saturated rings. The number of nitro benzene ring substituents is 1. The van der Waals surface area contributed by atoms with Gasteiger partial charge in [-0.3, -0.25) is 10.1 Å². The summed E-state index contributed by atoms with van der Waals surface area (Å²) in [6.07, 6.45) is 4.62. The predicted molar refractivity (Wildman–Crippen MR) is 139 cm³/mol. The molecule has 4 nitrogen and oxygen atoms in total. The maximum atomic E-state index is 11.6. The van der Waals surface area contributed by atoms with Gasteiger partial charge in [0.1, 0.15) is 28.9 Å². The Bertz CT molecular complexity index is 1150. The Labute approximate surface area is 194 Å². The third-order valence-corrected chi connectivity index (χ3v) is 10.0. The summed E-state index contributed by atoms with van der Waals surface area (Å²) in [6, 6.07) is 36.6. The molecule has 0 N–H and O–H groups in total. The number of ether oxygens (including phenoxy) is 1. The van der Waals surface area contributed by atoms with Gasteiger partial charge in [0.05, 0.1) is 23.8 Å². The first-order chi connectivity index (χ1) is 16.2. The Balaban J connectivity index is 1.88. The van der Waals surface area contributed by atoms with Crippen molar-refractivity contribution in [2.75, 3.05) is 13.3 Å². The molecule has 0 saturated heterocycles. The van der Waals surface area contributed by atoms with Crippen molar-refractivity contribution < 1.29 is 9.66 Å². The summed E-state index contributed by atoms with van der Waals surface area (Å²) in [7, 11) is -0.517. The Morgan fingerprint density at radius 3 is 1.67 bits per heavy atom. The maximum absolute atomic E-state index is 11.6. The van der Waals surface area contributed by atoms with Gasteiger partial charge in [0, 0.05) is 6.07 Å². The molecule has 5 heteroatoms. The molecule has 0 heterocycles. The first-order valence-corrected chi connectivity index (χ1v) is 12.7. The van der Waals surface area contributed by atoms with Crippen molar-refractivity contribution in [3.8, 4) is 5.75 Å². The molecular formula is C28H25NO3P+. The molecule has 0 amide bonds. The highest BCUT2D eigenvalue weighted by atomic mass is 31.2. The molecule has 4 aromatic rings. The van der Waals surface area contributed by atoms with Gasteiger partial charge in [-0.2, -0.15) is 0 Å². The predicted octanol–water partition coefficient (Wildman–Crippen LogP) is 5.61. The van der Waals surface area contributed by atoms with Crippen LogP contribution in [0.3, 0.4) is 0 Å². The Kier molecular flexibility index (Phi) is 6.97. The van der Waals surface area contributed by atoms with Crippen molar-refractivity contribution in [2.45, 2.75) is 0 Å². The summed E-state index contributed by atoms with van der Waals surface area (Å²) in [5.74, 6) is 0.489. The van der Waals surface area contributed by atoms with Gasteiger partial charge in [0.25, 0.3) is 5.69 Å². The summed E-state index contributed by atoms with van der Waals surface area (Å²) in [5.41, 5.74) is 0.519. The van der Waals surface area contributed by atoms with Crippen molar-refractivity contribution in [1.29, 1.82) is 0 Å². The van der Waals surface area contributed by atoms with Gasteiger partial charge in [-0.15, -0.1) is 0 Å². The van der Waals surface area contributed by atoms with Gasteiger partial charge in [-0.05, 0) is 54.6 Å². The normalized spacial score (nSPS) is 11.4. The fourth-order valence-electron chi connectivity index (χ4n) is 4.18. The molecule has 0 saturated carbocycles. The lowest BCUT2D eigenvalue weighted by Gasteiger charge is -2.26. The maximum Gasteiger partial charge on any atom is 0.280 e. The van der Waals surface area contributed by atoms with E-state index in [0.29, 0.717) is 11.3 Å². The second-order valence-corrected chi connectivity index (χ2v) is 11.1. The number of rotatable bonds is 8. The number of hydrogen-bond acceptors (Lipinski definition) is 3. The fraction of sp³-hybridized carbons (Fsp3) is 0.0714. The molecule has 164 valence electrons. The van der Waals surface area contributed by atoms with Crippen molar-refractivity contribution in [1.82, 2.24) is 0 Å². The second-order valence-electron chi connectivity index (χ2n) is 7.55. The zero-order chi connectivity index (χ0) is 23.1. The molecule has 33 heavy (non-hydrogen) atoms. The van der Waals surface area contributed by atoms with Gasteiger partial charge in [-0.25, -0.2) is 0 Å². The number of nitrogens with zero attached hydrogens (tertiary/aromatic N) is 1. The number of allylic oxidation sites excluding steroid dienone is 1. The van der Waals surface area contributed by atoms with Crippen LogP contribution in [0.4, 0.5) is 5.69 Å². The summed E-state index contributed by atoms with van der Waals surface area (Å²) in [4.78, 5) is 11.3. The van der Waals surface area contributed by atoms with Gasteiger partial charge in [0.2, 0.25) is 0 Å². The average molecular weight is 454 g/mol. The molecule has 0 aliphatic carbocycles. The van der Waals surface area contributed by atoms with Gasteiger partial charge in [0.15, 0.2) is 0 Å². The highest BCUT2D eigenvalue weighted by molar-refractivity contribution is 7.95. The molecule has 0 unspecified atom stereocenters. The molecule has 0 aliphatic rings. The number of hydrogen-bond donors (Lipinski definition) is 0. The van der Waals surface area contributed by atoms with Crippen molar-refractivity contribution in [3.63, 3.8) is 0 Å². The van der Waals surface area contributed by atoms with E-state index in [1.807, 2.05) is 24.3 Å². The van der Waals surface area contributed by atoms with Crippen molar-refractivity contribution >= 4 is 34.9 Å². The average Bonchev–Trinajstić information content (AvgIpc) is 2.88. The lowest BCUT2D eigenvalue weighted by Crippen LogP contribution is -2.32. The summed E-state index contributed by atoms with van der Waals surface area (Å²) in [6.45, 7) is 0. The molecule has 0 radical (unpaired) electrons. The minimum absolute atomic E-state index is 0.0358. The van der Waals surface area contributed by atoms with Crippen molar-refractivity contribution in [2.24, 2.45) is 0 Å². The third-order valence-electron chi connectivity index (χ3n) is 5.71. The fourth-order valence-corrected chi connectivity index (χ4v) is 8.17. The summed E-state index contributed by atoms with van der Waals surface area (Å²) in [5, 5.41) is 15.4. The van der Waals surface area contributed by atoms with Crippen LogP contribution < -0.4 is 20.7 Å². The molecular weight excluding hydrogens is 429 g/mol. The lowest BCUT2D eigenvalue weighted by molar-refractivity contribution is -0.385. The van der Waals surface area contributed by atoms with Gasteiger partial charge < -0.3 is 4.74 Å². The highest BCUT2D eigenvalue weighted by Crippen LogP contribution is 2.55. The van der Waals surface area contributed by atoms with Gasteiger partial charge in [-0.1, -0.05) is 60.7 Å². The Morgan fingerprint density at radius 1 is 0.758 bits per heavy atom. The molecule has 0 atom stereocenters. The second kappa shape index (κ2) is 10.2. The van der Waals surface area contributed by atoms with Crippen LogP contribution in [-0.4, -0.2) is 18.2 Å². The molecule has 4 aromatic carbocycles. The van der Waals surface area contributed by atoms with Crippen LogP contribution in [0.15, 0.2) is 115 Å². The van der Waals surface area contributed by atoms with Gasteiger partial charge >= 0.3 is 0 Å². The number of nitro groups is 1. The van der Waals surface area contributed by atoms with Crippen LogP contribution in [-0.2, 0) is 0 Å². The standard InChI is InChI=1S/C28H25NO3P/c1-32-28-21-11-20-27(29(30)31)26(28)19-12-22-33(23-13-5-2-6-14-23,24-15-7-3-8-16-24)25-17-9-4-10-18-25/h2-21H,22H2,1H3/q+1/b19-12+. The molecule has 0 bridgehead atoms. The van der Waals surface area contributed by atoms with E-state index in [9.17, 15) is 10.1 Å². The van der Waals surface area contributed by atoms with Crippen molar-refractivity contribution in [3.05, 3.63) is 131 Å².